The van der Waals surface area contributed by atoms with Gasteiger partial charge in [-0.2, -0.15) is 8.42 Å². The fourth-order valence-corrected chi connectivity index (χ4v) is 7.47. The van der Waals surface area contributed by atoms with E-state index in [0.29, 0.717) is 11.5 Å². The van der Waals surface area contributed by atoms with Gasteiger partial charge in [-0.05, 0) is 54.4 Å². The second-order valence-corrected chi connectivity index (χ2v) is 10.3. The maximum absolute atomic E-state index is 12.6. The third-order valence-electron chi connectivity index (χ3n) is 3.84. The topological polar surface area (TPSA) is 72.8 Å². The number of rotatable bonds is 5. The van der Waals surface area contributed by atoms with Gasteiger partial charge in [0.15, 0.2) is 0 Å². The lowest BCUT2D eigenvalue weighted by Gasteiger charge is -2.09. The summed E-state index contributed by atoms with van der Waals surface area (Å²) in [5, 5.41) is 0. The minimum atomic E-state index is -3.75. The first-order chi connectivity index (χ1) is 12.4. The lowest BCUT2D eigenvalue weighted by Crippen LogP contribution is -2.06. The second kappa shape index (κ2) is 7.85. The molecule has 1 aromatic heterocycles. The molecule has 1 aliphatic rings. The van der Waals surface area contributed by atoms with E-state index in [1.165, 1.54) is 23.5 Å². The smallest absolute Gasteiger partial charge is 0.348 e. The van der Waals surface area contributed by atoms with E-state index < -0.39 is 20.7 Å². The molecule has 138 valence electrons. The van der Waals surface area contributed by atoms with Crippen molar-refractivity contribution in [1.29, 1.82) is 0 Å². The zero-order valence-electron chi connectivity index (χ0n) is 14.5. The molecule has 3 rings (SSSR count). The molecule has 26 heavy (non-hydrogen) atoms. The fourth-order valence-electron chi connectivity index (χ4n) is 2.70. The monoisotopic (exact) mass is 409 g/mol. The summed E-state index contributed by atoms with van der Waals surface area (Å²) in [5.74, 6) is -0.349. The Bertz CT molecular complexity index is 989. The molecule has 0 aliphatic heterocycles. The second-order valence-electron chi connectivity index (χ2n) is 5.61. The molecule has 0 N–H and O–H groups in total. The van der Waals surface area contributed by atoms with E-state index in [-0.39, 0.29) is 10.9 Å². The minimum absolute atomic E-state index is 0.172. The number of esters is 1. The maximum Gasteiger partial charge on any atom is 0.348 e. The van der Waals surface area contributed by atoms with Gasteiger partial charge >= 0.3 is 5.97 Å². The van der Waals surface area contributed by atoms with Gasteiger partial charge in [0, 0.05) is 5.56 Å². The van der Waals surface area contributed by atoms with Crippen molar-refractivity contribution in [3.05, 3.63) is 52.4 Å². The average molecular weight is 410 g/mol. The quantitative estimate of drug-likeness (QED) is 0.698. The summed E-state index contributed by atoms with van der Waals surface area (Å²) in [6.07, 6.45) is 7.37. The standard InChI is InChI=1S/C18H19NO4S3/c1-3-23-17(20)16-14-11-7-8-12-15(14)18(24-16)25(2)19-26(21,22)13-9-5-4-6-10-13/h4-6,8-10,12H,3,7,11H2,1-2H3/t25-/m1/s1. The van der Waals surface area contributed by atoms with Crippen molar-refractivity contribution < 1.29 is 17.9 Å². The maximum atomic E-state index is 12.6. The van der Waals surface area contributed by atoms with E-state index in [2.05, 4.69) is 3.77 Å². The van der Waals surface area contributed by atoms with Crippen molar-refractivity contribution in [3.63, 3.8) is 0 Å². The number of carbonyl (C=O) groups excluding carboxylic acids is 1. The molecule has 8 heteroatoms. The van der Waals surface area contributed by atoms with Crippen LogP contribution >= 0.6 is 11.3 Å². The molecule has 5 nitrogen and oxygen atoms in total. The van der Waals surface area contributed by atoms with Crippen molar-refractivity contribution in [2.75, 3.05) is 12.9 Å². The van der Waals surface area contributed by atoms with Gasteiger partial charge in [-0.1, -0.05) is 30.4 Å². The molecule has 1 atom stereocenters. The van der Waals surface area contributed by atoms with Gasteiger partial charge in [-0.15, -0.1) is 15.1 Å². The zero-order chi connectivity index (χ0) is 18.7. The van der Waals surface area contributed by atoms with Crippen LogP contribution in [0.2, 0.25) is 0 Å². The Morgan fingerprint density at radius 3 is 2.73 bits per heavy atom. The summed E-state index contributed by atoms with van der Waals surface area (Å²) in [7, 11) is -4.65. The van der Waals surface area contributed by atoms with Gasteiger partial charge < -0.3 is 4.74 Å². The van der Waals surface area contributed by atoms with E-state index in [9.17, 15) is 13.2 Å². The normalized spacial score (nSPS) is 14.8. The molecule has 0 amide bonds. The lowest BCUT2D eigenvalue weighted by molar-refractivity contribution is 0.0531. The third kappa shape index (κ3) is 3.82. The number of fused-ring (bicyclic) bond motifs is 1. The SMILES string of the molecule is CCOC(=O)c1sc([S@@](C)=NS(=O)(=O)c2ccccc2)c2c1CCC=C2. The highest BCUT2D eigenvalue weighted by atomic mass is 32.3. The van der Waals surface area contributed by atoms with Crippen LogP contribution in [-0.2, 0) is 31.9 Å². The molecule has 1 aromatic carbocycles. The van der Waals surface area contributed by atoms with Crippen LogP contribution in [0.15, 0.2) is 49.3 Å². The molecule has 1 aliphatic carbocycles. The molecule has 0 radical (unpaired) electrons. The fraction of sp³-hybridized carbons (Fsp3) is 0.278. The number of allylic oxidation sites excluding steroid dienone is 1. The van der Waals surface area contributed by atoms with Crippen LogP contribution in [-0.4, -0.2) is 27.2 Å². The van der Waals surface area contributed by atoms with Crippen molar-refractivity contribution >= 4 is 44.1 Å². The number of benzene rings is 1. The first-order valence-corrected chi connectivity index (χ1v) is 12.0. The molecule has 0 bridgehead atoms. The zero-order valence-corrected chi connectivity index (χ0v) is 16.9. The summed E-state index contributed by atoms with van der Waals surface area (Å²) in [6.45, 7) is 2.08. The predicted molar refractivity (Wildman–Crippen MR) is 105 cm³/mol. The lowest BCUT2D eigenvalue weighted by atomic mass is 10.00. The highest BCUT2D eigenvalue weighted by Crippen LogP contribution is 2.37. The summed E-state index contributed by atoms with van der Waals surface area (Å²) in [5.41, 5.74) is 1.86. The molecule has 2 aromatic rings. The summed E-state index contributed by atoms with van der Waals surface area (Å²) < 4.78 is 35.2. The Morgan fingerprint density at radius 2 is 2.04 bits per heavy atom. The van der Waals surface area contributed by atoms with E-state index in [0.717, 1.165) is 28.2 Å². The van der Waals surface area contributed by atoms with E-state index in [4.69, 9.17) is 4.74 Å². The number of hydrogen-bond donors (Lipinski definition) is 0. The van der Waals surface area contributed by atoms with Crippen LogP contribution < -0.4 is 0 Å². The Morgan fingerprint density at radius 1 is 1.31 bits per heavy atom. The van der Waals surface area contributed by atoms with Crippen molar-refractivity contribution in [2.45, 2.75) is 28.9 Å². The molecule has 0 fully saturated rings. The van der Waals surface area contributed by atoms with Crippen LogP contribution in [0.4, 0.5) is 0 Å². The van der Waals surface area contributed by atoms with E-state index in [1.54, 1.807) is 31.4 Å². The van der Waals surface area contributed by atoms with Gasteiger partial charge in [0.1, 0.15) is 4.88 Å². The average Bonchev–Trinajstić information content (AvgIpc) is 3.02. The van der Waals surface area contributed by atoms with Gasteiger partial charge in [-0.25, -0.2) is 4.79 Å². The molecular weight excluding hydrogens is 390 g/mol. The molecule has 0 saturated heterocycles. The Kier molecular flexibility index (Phi) is 5.74. The predicted octanol–water partition coefficient (Wildman–Crippen LogP) is 4.06. The molecule has 0 spiro atoms. The van der Waals surface area contributed by atoms with Crippen LogP contribution in [0.25, 0.3) is 6.08 Å². The number of nitrogens with zero attached hydrogens (tertiary/aromatic N) is 1. The number of sulfonamides is 1. The number of ether oxygens (including phenoxy) is 1. The van der Waals surface area contributed by atoms with Crippen molar-refractivity contribution in [2.24, 2.45) is 3.77 Å². The van der Waals surface area contributed by atoms with Gasteiger partial charge in [0.2, 0.25) is 0 Å². The Hall–Kier alpha value is -1.77. The molecular formula is C18H19NO4S3. The largest absolute Gasteiger partial charge is 0.462 e. The van der Waals surface area contributed by atoms with Gasteiger partial charge in [0.05, 0.1) is 15.7 Å². The van der Waals surface area contributed by atoms with E-state index >= 15 is 0 Å². The number of hydrogen-bond acceptors (Lipinski definition) is 5. The number of carbonyl (C=O) groups is 1. The van der Waals surface area contributed by atoms with Gasteiger partial charge in [0.25, 0.3) is 10.0 Å². The van der Waals surface area contributed by atoms with Gasteiger partial charge in [-0.3, -0.25) is 0 Å². The molecule has 0 saturated carbocycles. The Balaban J connectivity index is 2.07. The summed E-state index contributed by atoms with van der Waals surface area (Å²) in [6, 6.07) is 8.17. The highest BCUT2D eigenvalue weighted by molar-refractivity contribution is 8.00. The number of thiophene rings is 1. The van der Waals surface area contributed by atoms with Crippen LogP contribution in [0.5, 0.6) is 0 Å². The van der Waals surface area contributed by atoms with Crippen molar-refractivity contribution in [3.8, 4) is 0 Å². The first kappa shape index (κ1) is 19.0. The minimum Gasteiger partial charge on any atom is -0.462 e. The summed E-state index contributed by atoms with van der Waals surface area (Å²) in [4.78, 5) is 13.0. The Labute approximate surface area is 159 Å². The van der Waals surface area contributed by atoms with Crippen LogP contribution in [0.3, 0.4) is 0 Å². The molecule has 1 heterocycles. The van der Waals surface area contributed by atoms with Crippen molar-refractivity contribution in [1.82, 2.24) is 0 Å². The molecule has 0 unspecified atom stereocenters. The summed E-state index contributed by atoms with van der Waals surface area (Å²) >= 11 is 1.30. The van der Waals surface area contributed by atoms with E-state index in [1.807, 2.05) is 12.2 Å². The highest BCUT2D eigenvalue weighted by Gasteiger charge is 2.25. The van der Waals surface area contributed by atoms with Crippen LogP contribution in [0, 0.1) is 0 Å². The third-order valence-corrected chi connectivity index (χ3v) is 9.14. The van der Waals surface area contributed by atoms with Crippen LogP contribution in [0.1, 0.15) is 34.1 Å². The first-order valence-electron chi connectivity index (χ1n) is 8.12.